The molecule has 0 aliphatic carbocycles. The molecule has 4 heterocycles. The van der Waals surface area contributed by atoms with Crippen LogP contribution in [-0.2, 0) is 30.8 Å². The van der Waals surface area contributed by atoms with E-state index in [-0.39, 0.29) is 11.9 Å². The van der Waals surface area contributed by atoms with E-state index in [0.29, 0.717) is 38.2 Å². The molecule has 3 aliphatic rings. The average molecular weight is 487 g/mol. The predicted molar refractivity (Wildman–Crippen MR) is 134 cm³/mol. The fraction of sp³-hybridized carbons (Fsp3) is 0.345. The monoisotopic (exact) mass is 486 g/mol. The number of rotatable bonds is 4. The predicted octanol–water partition coefficient (Wildman–Crippen LogP) is 4.57. The lowest BCUT2D eigenvalue weighted by Crippen LogP contribution is -2.51. The average Bonchev–Trinajstić information content (AvgIpc) is 3.27. The van der Waals surface area contributed by atoms with Gasteiger partial charge in [0.1, 0.15) is 11.6 Å². The van der Waals surface area contributed by atoms with Gasteiger partial charge in [-0.25, -0.2) is 8.78 Å². The van der Waals surface area contributed by atoms with Crippen LogP contribution in [0.3, 0.4) is 0 Å². The van der Waals surface area contributed by atoms with Crippen LogP contribution in [0, 0.1) is 18.6 Å². The normalized spacial score (nSPS) is 19.8. The number of aliphatic imine (C=N–C) groups is 1. The van der Waals surface area contributed by atoms with Gasteiger partial charge in [0.05, 0.1) is 18.7 Å². The van der Waals surface area contributed by atoms with E-state index in [4.69, 9.17) is 4.99 Å². The molecular formula is C29H28F2N4O. The molecule has 1 aromatic heterocycles. The van der Waals surface area contributed by atoms with Crippen LogP contribution in [-0.4, -0.2) is 45.5 Å². The van der Waals surface area contributed by atoms with Crippen molar-refractivity contribution in [2.75, 3.05) is 13.1 Å². The maximum atomic E-state index is 14.2. The number of aryl methyl sites for hydroxylation is 1. The minimum atomic E-state index is -0.566. The van der Waals surface area contributed by atoms with E-state index in [1.807, 2.05) is 24.1 Å². The number of fused-ring (bicyclic) bond motifs is 2. The molecule has 36 heavy (non-hydrogen) atoms. The lowest BCUT2D eigenvalue weighted by atomic mass is 9.90. The molecule has 0 spiro atoms. The summed E-state index contributed by atoms with van der Waals surface area (Å²) in [6.45, 7) is 5.13. The van der Waals surface area contributed by atoms with Gasteiger partial charge in [0.25, 0.3) is 0 Å². The van der Waals surface area contributed by atoms with Crippen molar-refractivity contribution in [2.24, 2.45) is 4.99 Å². The first kappa shape index (κ1) is 23.0. The van der Waals surface area contributed by atoms with Crippen molar-refractivity contribution in [1.82, 2.24) is 14.8 Å². The van der Waals surface area contributed by atoms with E-state index < -0.39 is 11.6 Å². The minimum Gasteiger partial charge on any atom is -0.334 e. The highest BCUT2D eigenvalue weighted by Crippen LogP contribution is 2.32. The van der Waals surface area contributed by atoms with Gasteiger partial charge in [0, 0.05) is 60.3 Å². The molecule has 0 unspecified atom stereocenters. The zero-order valence-electron chi connectivity index (χ0n) is 20.3. The Labute approximate surface area is 209 Å². The van der Waals surface area contributed by atoms with Crippen LogP contribution in [0.5, 0.6) is 0 Å². The lowest BCUT2D eigenvalue weighted by Gasteiger charge is -2.41. The summed E-state index contributed by atoms with van der Waals surface area (Å²) in [5.41, 5.74) is 8.10. The van der Waals surface area contributed by atoms with Crippen molar-refractivity contribution >= 4 is 11.6 Å². The number of halogens is 2. The summed E-state index contributed by atoms with van der Waals surface area (Å²) in [5.74, 6) is -0.939. The van der Waals surface area contributed by atoms with Crippen molar-refractivity contribution in [3.8, 4) is 0 Å². The third-order valence-electron chi connectivity index (χ3n) is 7.59. The first-order chi connectivity index (χ1) is 17.4. The van der Waals surface area contributed by atoms with Crippen LogP contribution in [0.25, 0.3) is 0 Å². The molecule has 1 fully saturated rings. The number of likely N-dealkylation sites (tertiary alicyclic amines) is 1. The number of carbonyl (C=O) groups excluding carboxylic acids is 1. The Morgan fingerprint density at radius 2 is 1.94 bits per heavy atom. The van der Waals surface area contributed by atoms with Crippen molar-refractivity contribution in [3.05, 3.63) is 99.4 Å². The molecule has 7 heteroatoms. The zero-order chi connectivity index (χ0) is 24.8. The maximum Gasteiger partial charge on any atom is 0.227 e. The Hall–Kier alpha value is -3.45. The Balaban J connectivity index is 1.21. The van der Waals surface area contributed by atoms with Gasteiger partial charge in [-0.2, -0.15) is 0 Å². The Morgan fingerprint density at radius 1 is 1.06 bits per heavy atom. The SMILES string of the molecule is Cc1cc(C2=NCc3cc4c(cc32)CN([C@@H]2CCCN(Cc3ccc(F)cc3F)C2)C(=O)C4)ccn1. The molecule has 3 aromatic rings. The van der Waals surface area contributed by atoms with E-state index >= 15 is 0 Å². The standard InChI is InChI=1S/C29H28F2N4O/c1-18-9-19(6-7-32-18)29-26-11-23-16-35(28(36)12-21(23)10-22(26)14-33-29)25-3-2-8-34(17-25)15-20-4-5-24(30)13-27(20)31/h4-7,9-11,13,25H,2-3,8,12,14-17H2,1H3/t25-/m1/s1. The fourth-order valence-electron chi connectivity index (χ4n) is 5.78. The molecule has 2 aromatic carbocycles. The third kappa shape index (κ3) is 4.32. The number of carbonyl (C=O) groups is 1. The van der Waals surface area contributed by atoms with E-state index in [0.717, 1.165) is 53.5 Å². The highest BCUT2D eigenvalue weighted by molar-refractivity contribution is 6.15. The van der Waals surface area contributed by atoms with E-state index in [2.05, 4.69) is 28.1 Å². The highest BCUT2D eigenvalue weighted by Gasteiger charge is 2.33. The topological polar surface area (TPSA) is 48.8 Å². The van der Waals surface area contributed by atoms with Crippen LogP contribution < -0.4 is 0 Å². The Bertz CT molecular complexity index is 1390. The van der Waals surface area contributed by atoms with Crippen molar-refractivity contribution in [3.63, 3.8) is 0 Å². The van der Waals surface area contributed by atoms with Gasteiger partial charge < -0.3 is 4.90 Å². The highest BCUT2D eigenvalue weighted by atomic mass is 19.1. The number of hydrogen-bond acceptors (Lipinski definition) is 4. The molecule has 184 valence electrons. The van der Waals surface area contributed by atoms with Gasteiger partial charge in [-0.15, -0.1) is 0 Å². The molecule has 3 aliphatic heterocycles. The summed E-state index contributed by atoms with van der Waals surface area (Å²) < 4.78 is 27.5. The van der Waals surface area contributed by atoms with Crippen molar-refractivity contribution in [1.29, 1.82) is 0 Å². The molecule has 6 rings (SSSR count). The van der Waals surface area contributed by atoms with Gasteiger partial charge in [-0.1, -0.05) is 12.1 Å². The van der Waals surface area contributed by atoms with Crippen molar-refractivity contribution in [2.45, 2.75) is 51.9 Å². The Kier molecular flexibility index (Phi) is 5.88. The van der Waals surface area contributed by atoms with E-state index in [9.17, 15) is 13.6 Å². The van der Waals surface area contributed by atoms with Crippen LogP contribution >= 0.6 is 0 Å². The fourth-order valence-corrected chi connectivity index (χ4v) is 5.78. The van der Waals surface area contributed by atoms with Crippen LogP contribution in [0.15, 0.2) is 53.7 Å². The van der Waals surface area contributed by atoms with Gasteiger partial charge in [0.2, 0.25) is 5.91 Å². The number of benzene rings is 2. The summed E-state index contributed by atoms with van der Waals surface area (Å²) in [4.78, 5) is 26.5. The van der Waals surface area contributed by atoms with Gasteiger partial charge in [-0.3, -0.25) is 19.7 Å². The summed E-state index contributed by atoms with van der Waals surface area (Å²) in [7, 11) is 0. The van der Waals surface area contributed by atoms with E-state index in [1.54, 1.807) is 0 Å². The van der Waals surface area contributed by atoms with E-state index in [1.165, 1.54) is 23.3 Å². The van der Waals surface area contributed by atoms with Crippen molar-refractivity contribution < 1.29 is 13.6 Å². The molecule has 0 radical (unpaired) electrons. The second-order valence-corrected chi connectivity index (χ2v) is 10.1. The van der Waals surface area contributed by atoms with Gasteiger partial charge in [-0.05, 0) is 67.3 Å². The van der Waals surface area contributed by atoms with Crippen LogP contribution in [0.4, 0.5) is 8.78 Å². The number of aromatic nitrogens is 1. The number of pyridine rings is 1. The molecule has 1 saturated heterocycles. The van der Waals surface area contributed by atoms with Gasteiger partial charge >= 0.3 is 0 Å². The molecule has 0 N–H and O–H groups in total. The lowest BCUT2D eigenvalue weighted by molar-refractivity contribution is -0.135. The quantitative estimate of drug-likeness (QED) is 0.543. The summed E-state index contributed by atoms with van der Waals surface area (Å²) >= 11 is 0. The van der Waals surface area contributed by atoms with Crippen LogP contribution in [0.2, 0.25) is 0 Å². The smallest absolute Gasteiger partial charge is 0.227 e. The molecule has 5 nitrogen and oxygen atoms in total. The second-order valence-electron chi connectivity index (χ2n) is 10.1. The third-order valence-corrected chi connectivity index (χ3v) is 7.59. The molecule has 0 bridgehead atoms. The number of hydrogen-bond donors (Lipinski definition) is 0. The molecular weight excluding hydrogens is 458 g/mol. The first-order valence-corrected chi connectivity index (χ1v) is 12.5. The molecule has 1 atom stereocenters. The van der Waals surface area contributed by atoms with Crippen LogP contribution in [0.1, 0.15) is 51.9 Å². The maximum absolute atomic E-state index is 14.2. The van der Waals surface area contributed by atoms with Gasteiger partial charge in [0.15, 0.2) is 0 Å². The number of amides is 1. The summed E-state index contributed by atoms with van der Waals surface area (Å²) in [6, 6.07) is 12.3. The zero-order valence-corrected chi connectivity index (χ0v) is 20.3. The summed E-state index contributed by atoms with van der Waals surface area (Å²) in [6.07, 6.45) is 4.08. The number of nitrogens with zero attached hydrogens (tertiary/aromatic N) is 4. The molecule has 0 saturated carbocycles. The second kappa shape index (κ2) is 9.21. The largest absolute Gasteiger partial charge is 0.334 e. The Morgan fingerprint density at radius 3 is 2.78 bits per heavy atom. The summed E-state index contributed by atoms with van der Waals surface area (Å²) in [5, 5.41) is 0. The minimum absolute atomic E-state index is 0.0761. The first-order valence-electron chi connectivity index (χ1n) is 12.5. The number of piperidine rings is 1. The molecule has 1 amide bonds.